The molecule has 1 aromatic rings. The van der Waals surface area contributed by atoms with Crippen LogP contribution in [0.1, 0.15) is 31.4 Å². The predicted octanol–water partition coefficient (Wildman–Crippen LogP) is 2.53. The van der Waals surface area contributed by atoms with Crippen LogP contribution in [0.2, 0.25) is 5.02 Å². The van der Waals surface area contributed by atoms with E-state index in [1.807, 2.05) is 31.2 Å². The van der Waals surface area contributed by atoms with E-state index in [1.165, 1.54) is 0 Å². The molecule has 4 nitrogen and oxygen atoms in total. The van der Waals surface area contributed by atoms with Crippen molar-refractivity contribution in [2.24, 2.45) is 5.92 Å². The van der Waals surface area contributed by atoms with Gasteiger partial charge < -0.3 is 15.4 Å². The summed E-state index contributed by atoms with van der Waals surface area (Å²) in [4.78, 5) is 11.7. The van der Waals surface area contributed by atoms with Crippen LogP contribution in [-0.4, -0.2) is 32.1 Å². The molecule has 0 unspecified atom stereocenters. The molecule has 1 heterocycles. The zero-order chi connectivity index (χ0) is 15.1. The Labute approximate surface area is 131 Å². The zero-order valence-electron chi connectivity index (χ0n) is 12.4. The number of likely N-dealkylation sites (N-methyl/N-ethyl adjacent to an activating group) is 1. The largest absolute Gasteiger partial charge is 0.363 e. The zero-order valence-corrected chi connectivity index (χ0v) is 13.2. The fraction of sp³-hybridized carbons (Fsp3) is 0.562. The number of nitrogens with one attached hydrogen (secondary N) is 2. The van der Waals surface area contributed by atoms with E-state index in [2.05, 4.69) is 10.6 Å². The number of carbonyl (C=O) groups is 1. The fourth-order valence-corrected chi connectivity index (χ4v) is 2.94. The number of hydrogen-bond donors (Lipinski definition) is 2. The van der Waals surface area contributed by atoms with Gasteiger partial charge >= 0.3 is 0 Å². The molecule has 0 aromatic heterocycles. The van der Waals surface area contributed by atoms with E-state index in [9.17, 15) is 4.79 Å². The maximum absolute atomic E-state index is 11.7. The number of benzene rings is 1. The number of amides is 1. The molecule has 0 spiro atoms. The number of hydrogen-bond acceptors (Lipinski definition) is 3. The van der Waals surface area contributed by atoms with Crippen molar-refractivity contribution >= 4 is 17.5 Å². The number of piperidine rings is 1. The Balaban J connectivity index is 2.07. The second-order valence-corrected chi connectivity index (χ2v) is 5.78. The average Bonchev–Trinajstić information content (AvgIpc) is 2.49. The van der Waals surface area contributed by atoms with Crippen molar-refractivity contribution in [3.63, 3.8) is 0 Å². The first-order chi connectivity index (χ1) is 10.2. The van der Waals surface area contributed by atoms with Crippen LogP contribution >= 0.6 is 11.6 Å². The van der Waals surface area contributed by atoms with E-state index in [0.717, 1.165) is 31.5 Å². The van der Waals surface area contributed by atoms with Crippen molar-refractivity contribution < 1.29 is 9.53 Å². The molecule has 2 N–H and O–H groups in total. The maximum Gasteiger partial charge on any atom is 0.246 e. The summed E-state index contributed by atoms with van der Waals surface area (Å²) in [5.74, 6) is 0.292. The Bertz CT molecular complexity index is 461. The first kappa shape index (κ1) is 16.3. The lowest BCUT2D eigenvalue weighted by Crippen LogP contribution is -2.36. The molecule has 1 aromatic carbocycles. The molecule has 0 aliphatic carbocycles. The first-order valence-corrected chi connectivity index (χ1v) is 7.93. The average molecular weight is 311 g/mol. The van der Waals surface area contributed by atoms with Crippen LogP contribution < -0.4 is 10.6 Å². The lowest BCUT2D eigenvalue weighted by atomic mass is 9.89. The summed E-state index contributed by atoms with van der Waals surface area (Å²) in [6.45, 7) is 4.57. The molecule has 1 aliphatic heterocycles. The Hall–Kier alpha value is -1.10. The standard InChI is InChI=1S/C16H23ClN2O2/c1-2-19-15(20)11-21-16(13-6-4-8-18-10-13)12-5-3-7-14(17)9-12/h3,5,7,9,13,16,18H,2,4,6,8,10-11H2,1H3,(H,19,20)/t13-,16+/m1/s1. The number of ether oxygens (including phenoxy) is 1. The fourth-order valence-electron chi connectivity index (χ4n) is 2.74. The van der Waals surface area contributed by atoms with Crippen molar-refractivity contribution in [1.82, 2.24) is 10.6 Å². The van der Waals surface area contributed by atoms with Crippen LogP contribution in [-0.2, 0) is 9.53 Å². The van der Waals surface area contributed by atoms with Gasteiger partial charge in [0.1, 0.15) is 6.61 Å². The highest BCUT2D eigenvalue weighted by Crippen LogP contribution is 2.31. The molecule has 1 aliphatic rings. The van der Waals surface area contributed by atoms with Gasteiger partial charge in [-0.05, 0) is 44.0 Å². The molecular formula is C16H23ClN2O2. The smallest absolute Gasteiger partial charge is 0.246 e. The quantitative estimate of drug-likeness (QED) is 0.849. The summed E-state index contributed by atoms with van der Waals surface area (Å²) in [6, 6.07) is 7.73. The van der Waals surface area contributed by atoms with Crippen molar-refractivity contribution in [2.45, 2.75) is 25.9 Å². The summed E-state index contributed by atoms with van der Waals surface area (Å²) in [5, 5.41) is 6.86. The van der Waals surface area contributed by atoms with Gasteiger partial charge in [0.2, 0.25) is 5.91 Å². The summed E-state index contributed by atoms with van der Waals surface area (Å²) in [5.41, 5.74) is 1.04. The highest BCUT2D eigenvalue weighted by atomic mass is 35.5. The predicted molar refractivity (Wildman–Crippen MR) is 84.4 cm³/mol. The van der Waals surface area contributed by atoms with Gasteiger partial charge in [0.25, 0.3) is 0 Å². The topological polar surface area (TPSA) is 50.4 Å². The van der Waals surface area contributed by atoms with Crippen molar-refractivity contribution in [1.29, 1.82) is 0 Å². The van der Waals surface area contributed by atoms with Gasteiger partial charge in [-0.15, -0.1) is 0 Å². The van der Waals surface area contributed by atoms with Crippen molar-refractivity contribution in [3.05, 3.63) is 34.9 Å². The highest BCUT2D eigenvalue weighted by molar-refractivity contribution is 6.30. The molecule has 0 radical (unpaired) electrons. The number of halogens is 1. The number of carbonyl (C=O) groups excluding carboxylic acids is 1. The monoisotopic (exact) mass is 310 g/mol. The van der Waals surface area contributed by atoms with E-state index in [0.29, 0.717) is 17.5 Å². The first-order valence-electron chi connectivity index (χ1n) is 7.55. The minimum atomic E-state index is -0.0980. The van der Waals surface area contributed by atoms with E-state index in [4.69, 9.17) is 16.3 Å². The molecule has 2 rings (SSSR count). The summed E-state index contributed by atoms with van der Waals surface area (Å²) in [6.07, 6.45) is 2.13. The summed E-state index contributed by atoms with van der Waals surface area (Å²) in [7, 11) is 0. The van der Waals surface area contributed by atoms with Gasteiger partial charge in [-0.3, -0.25) is 4.79 Å². The molecule has 5 heteroatoms. The molecule has 116 valence electrons. The van der Waals surface area contributed by atoms with Gasteiger partial charge in [0, 0.05) is 24.0 Å². The molecule has 2 atom stereocenters. The van der Waals surface area contributed by atoms with Crippen LogP contribution in [0, 0.1) is 5.92 Å². The lowest BCUT2D eigenvalue weighted by Gasteiger charge is -2.31. The molecule has 1 saturated heterocycles. The molecule has 0 saturated carbocycles. The third-order valence-corrected chi connectivity index (χ3v) is 3.94. The van der Waals surface area contributed by atoms with Crippen LogP contribution in [0.5, 0.6) is 0 Å². The molecule has 1 fully saturated rings. The molecule has 1 amide bonds. The molecule has 0 bridgehead atoms. The van der Waals surface area contributed by atoms with Gasteiger partial charge in [-0.25, -0.2) is 0 Å². The Kier molecular flexibility index (Phi) is 6.49. The van der Waals surface area contributed by atoms with E-state index < -0.39 is 0 Å². The Morgan fingerprint density at radius 1 is 1.57 bits per heavy atom. The van der Waals surface area contributed by atoms with Crippen LogP contribution in [0.3, 0.4) is 0 Å². The van der Waals surface area contributed by atoms with E-state index in [1.54, 1.807) is 0 Å². The lowest BCUT2D eigenvalue weighted by molar-refractivity contribution is -0.129. The highest BCUT2D eigenvalue weighted by Gasteiger charge is 2.26. The SMILES string of the molecule is CCNC(=O)CO[C@@H](c1cccc(Cl)c1)[C@@H]1CCCNC1. The summed E-state index contributed by atoms with van der Waals surface area (Å²) < 4.78 is 5.93. The Morgan fingerprint density at radius 2 is 2.43 bits per heavy atom. The van der Waals surface area contributed by atoms with Crippen LogP contribution in [0.25, 0.3) is 0 Å². The second-order valence-electron chi connectivity index (χ2n) is 5.35. The van der Waals surface area contributed by atoms with Crippen LogP contribution in [0.4, 0.5) is 0 Å². The van der Waals surface area contributed by atoms with Crippen molar-refractivity contribution in [3.8, 4) is 0 Å². The Morgan fingerprint density at radius 3 is 3.10 bits per heavy atom. The van der Waals surface area contributed by atoms with Gasteiger partial charge in [-0.1, -0.05) is 23.7 Å². The minimum absolute atomic E-state index is 0.0757. The van der Waals surface area contributed by atoms with Gasteiger partial charge in [0.05, 0.1) is 6.10 Å². The van der Waals surface area contributed by atoms with Gasteiger partial charge in [0.15, 0.2) is 0 Å². The number of rotatable bonds is 6. The molecular weight excluding hydrogens is 288 g/mol. The normalized spacial score (nSPS) is 20.0. The molecule has 21 heavy (non-hydrogen) atoms. The third-order valence-electron chi connectivity index (χ3n) is 3.71. The van der Waals surface area contributed by atoms with E-state index in [-0.39, 0.29) is 18.6 Å². The van der Waals surface area contributed by atoms with Crippen molar-refractivity contribution in [2.75, 3.05) is 26.2 Å². The van der Waals surface area contributed by atoms with Crippen LogP contribution in [0.15, 0.2) is 24.3 Å². The minimum Gasteiger partial charge on any atom is -0.363 e. The maximum atomic E-state index is 11.7. The van der Waals surface area contributed by atoms with Gasteiger partial charge in [-0.2, -0.15) is 0 Å². The second kappa shape index (κ2) is 8.37. The van der Waals surface area contributed by atoms with E-state index >= 15 is 0 Å². The summed E-state index contributed by atoms with van der Waals surface area (Å²) >= 11 is 6.09. The third kappa shape index (κ3) is 4.99.